The van der Waals surface area contributed by atoms with Gasteiger partial charge in [-0.25, -0.2) is 17.5 Å². The van der Waals surface area contributed by atoms with Crippen molar-refractivity contribution < 1.29 is 27.1 Å². The summed E-state index contributed by atoms with van der Waals surface area (Å²) in [7, 11) is -3.87. The van der Waals surface area contributed by atoms with E-state index in [0.29, 0.717) is 17.7 Å². The maximum Gasteiger partial charge on any atom is 0.219 e. The molecule has 0 aromatic heterocycles. The largest absolute Gasteiger partial charge is 0.373 e. The molecule has 2 aromatic rings. The summed E-state index contributed by atoms with van der Waals surface area (Å²) in [6.45, 7) is 3.22. The van der Waals surface area contributed by atoms with E-state index < -0.39 is 40.0 Å². The molecule has 2 aromatic carbocycles. The second-order valence-corrected chi connectivity index (χ2v) is 9.36. The summed E-state index contributed by atoms with van der Waals surface area (Å²) in [5.41, 5.74) is 1.63. The van der Waals surface area contributed by atoms with Crippen LogP contribution in [0.15, 0.2) is 42.5 Å². The third-order valence-electron chi connectivity index (χ3n) is 5.10. The maximum absolute atomic E-state index is 14.6. The zero-order valence-corrected chi connectivity index (χ0v) is 18.2. The SMILES string of the molecule is CC(=O)N1CCOC(CS(=O)(=O)NCC(=O)c2cc(-c3ccccc3)cc(C)c2F)C1. The fourth-order valence-corrected chi connectivity index (χ4v) is 4.61. The highest BCUT2D eigenvalue weighted by molar-refractivity contribution is 7.89. The standard InChI is InChI=1S/C22H25FN2O5S/c1-15-10-18(17-6-4-3-5-7-17)11-20(22(15)23)21(27)12-24-31(28,29)14-19-13-25(16(2)26)8-9-30-19/h3-7,10-11,19,24H,8-9,12-14H2,1-2H3. The van der Waals surface area contributed by atoms with Crippen molar-refractivity contribution in [2.24, 2.45) is 0 Å². The summed E-state index contributed by atoms with van der Waals surface area (Å²) < 4.78 is 47.1. The van der Waals surface area contributed by atoms with E-state index in [1.807, 2.05) is 30.3 Å². The number of carbonyl (C=O) groups is 2. The van der Waals surface area contributed by atoms with Crippen LogP contribution in [0.5, 0.6) is 0 Å². The van der Waals surface area contributed by atoms with Crippen LogP contribution in [0.2, 0.25) is 0 Å². The van der Waals surface area contributed by atoms with Gasteiger partial charge in [0.05, 0.1) is 30.6 Å². The minimum absolute atomic E-state index is 0.155. The van der Waals surface area contributed by atoms with E-state index in [1.165, 1.54) is 17.9 Å². The summed E-state index contributed by atoms with van der Waals surface area (Å²) >= 11 is 0. The molecule has 166 valence electrons. The lowest BCUT2D eigenvalue weighted by molar-refractivity contribution is -0.135. The predicted molar refractivity (Wildman–Crippen MR) is 115 cm³/mol. The average Bonchev–Trinajstić information content (AvgIpc) is 2.74. The summed E-state index contributed by atoms with van der Waals surface area (Å²) in [5, 5.41) is 0. The van der Waals surface area contributed by atoms with Crippen molar-refractivity contribution in [2.45, 2.75) is 20.0 Å². The molecule has 0 radical (unpaired) electrons. The molecule has 1 N–H and O–H groups in total. The molecule has 7 nitrogen and oxygen atoms in total. The Hall–Kier alpha value is -2.62. The fraction of sp³-hybridized carbons (Fsp3) is 0.364. The van der Waals surface area contributed by atoms with E-state index in [9.17, 15) is 22.4 Å². The second-order valence-electron chi connectivity index (χ2n) is 7.50. The normalized spacial score (nSPS) is 16.9. The summed E-state index contributed by atoms with van der Waals surface area (Å²) in [4.78, 5) is 25.6. The molecule has 0 bridgehead atoms. The monoisotopic (exact) mass is 448 g/mol. The van der Waals surface area contributed by atoms with Crippen LogP contribution in [0.3, 0.4) is 0 Å². The molecule has 0 spiro atoms. The summed E-state index contributed by atoms with van der Waals surface area (Å²) in [6.07, 6.45) is -0.689. The van der Waals surface area contributed by atoms with E-state index in [1.54, 1.807) is 13.0 Å². The zero-order chi connectivity index (χ0) is 22.6. The van der Waals surface area contributed by atoms with Gasteiger partial charge >= 0.3 is 0 Å². The summed E-state index contributed by atoms with van der Waals surface area (Å²) in [6, 6.07) is 12.3. The van der Waals surface area contributed by atoms with Gasteiger partial charge in [-0.3, -0.25) is 9.59 Å². The Bertz CT molecular complexity index is 1070. The zero-order valence-electron chi connectivity index (χ0n) is 17.4. The molecule has 3 rings (SSSR count). The van der Waals surface area contributed by atoms with E-state index >= 15 is 0 Å². The first-order valence-electron chi connectivity index (χ1n) is 9.89. The van der Waals surface area contributed by atoms with Crippen molar-refractivity contribution >= 4 is 21.7 Å². The number of hydrogen-bond donors (Lipinski definition) is 1. The van der Waals surface area contributed by atoms with Gasteiger partial charge in [0, 0.05) is 20.0 Å². The van der Waals surface area contributed by atoms with E-state index in [4.69, 9.17) is 4.74 Å². The van der Waals surface area contributed by atoms with Gasteiger partial charge in [-0.05, 0) is 35.7 Å². The Kier molecular flexibility index (Phi) is 7.19. The Balaban J connectivity index is 1.69. The molecule has 0 aliphatic carbocycles. The Morgan fingerprint density at radius 1 is 1.19 bits per heavy atom. The van der Waals surface area contributed by atoms with Gasteiger partial charge in [-0.15, -0.1) is 0 Å². The van der Waals surface area contributed by atoms with Crippen LogP contribution in [-0.4, -0.2) is 63.1 Å². The van der Waals surface area contributed by atoms with Gasteiger partial charge in [0.2, 0.25) is 15.9 Å². The van der Waals surface area contributed by atoms with Crippen molar-refractivity contribution in [2.75, 3.05) is 32.0 Å². The second kappa shape index (κ2) is 9.67. The van der Waals surface area contributed by atoms with E-state index in [-0.39, 0.29) is 24.6 Å². The van der Waals surface area contributed by atoms with Crippen molar-refractivity contribution in [3.05, 3.63) is 59.4 Å². The molecule has 1 aliphatic heterocycles. The van der Waals surface area contributed by atoms with E-state index in [0.717, 1.165) is 5.56 Å². The van der Waals surface area contributed by atoms with Gasteiger partial charge in [0.15, 0.2) is 5.78 Å². The fourth-order valence-electron chi connectivity index (χ4n) is 3.45. The van der Waals surface area contributed by atoms with Crippen LogP contribution in [-0.2, 0) is 19.6 Å². The predicted octanol–water partition coefficient (Wildman–Crippen LogP) is 2.15. The van der Waals surface area contributed by atoms with Gasteiger partial charge < -0.3 is 9.64 Å². The maximum atomic E-state index is 14.6. The highest BCUT2D eigenvalue weighted by Crippen LogP contribution is 2.25. The number of nitrogens with one attached hydrogen (secondary N) is 1. The number of Topliss-reactive ketones (excluding diaryl/α,β-unsaturated/α-hetero) is 1. The lowest BCUT2D eigenvalue weighted by atomic mass is 9.98. The number of halogens is 1. The third kappa shape index (κ3) is 5.96. The lowest BCUT2D eigenvalue weighted by Crippen LogP contribution is -2.48. The molecule has 1 saturated heterocycles. The molecule has 31 heavy (non-hydrogen) atoms. The molecule has 0 saturated carbocycles. The summed E-state index contributed by atoms with van der Waals surface area (Å²) in [5.74, 6) is -1.89. The Labute approximate surface area is 181 Å². The van der Waals surface area contributed by atoms with Crippen LogP contribution < -0.4 is 4.72 Å². The number of morpholine rings is 1. The first kappa shape index (κ1) is 23.1. The van der Waals surface area contributed by atoms with Crippen molar-refractivity contribution in [1.82, 2.24) is 9.62 Å². The first-order valence-corrected chi connectivity index (χ1v) is 11.5. The minimum atomic E-state index is -3.87. The van der Waals surface area contributed by atoms with Gasteiger partial charge in [-0.2, -0.15) is 0 Å². The average molecular weight is 449 g/mol. The van der Waals surface area contributed by atoms with Gasteiger partial charge in [0.1, 0.15) is 5.82 Å². The molecule has 1 amide bonds. The third-order valence-corrected chi connectivity index (χ3v) is 6.50. The van der Waals surface area contributed by atoms with Crippen molar-refractivity contribution in [3.8, 4) is 11.1 Å². The first-order chi connectivity index (χ1) is 14.7. The quantitative estimate of drug-likeness (QED) is 0.656. The number of nitrogens with zero attached hydrogens (tertiary/aromatic N) is 1. The molecule has 9 heteroatoms. The lowest BCUT2D eigenvalue weighted by Gasteiger charge is -2.32. The van der Waals surface area contributed by atoms with Crippen LogP contribution in [0.4, 0.5) is 4.39 Å². The number of aryl methyl sites for hydroxylation is 1. The van der Waals surface area contributed by atoms with Crippen LogP contribution in [0, 0.1) is 12.7 Å². The van der Waals surface area contributed by atoms with Crippen molar-refractivity contribution in [3.63, 3.8) is 0 Å². The molecule has 1 fully saturated rings. The van der Waals surface area contributed by atoms with E-state index in [2.05, 4.69) is 4.72 Å². The number of rotatable bonds is 7. The number of ether oxygens (including phenoxy) is 1. The number of amides is 1. The number of carbonyl (C=O) groups excluding carboxylic acids is 2. The molecule has 1 aliphatic rings. The Morgan fingerprint density at radius 2 is 1.90 bits per heavy atom. The van der Waals surface area contributed by atoms with Crippen LogP contribution in [0.25, 0.3) is 11.1 Å². The van der Waals surface area contributed by atoms with Crippen LogP contribution >= 0.6 is 0 Å². The van der Waals surface area contributed by atoms with Crippen molar-refractivity contribution in [1.29, 1.82) is 0 Å². The number of hydrogen-bond acceptors (Lipinski definition) is 5. The molecule has 1 unspecified atom stereocenters. The molecular formula is C22H25FN2O5S. The molecular weight excluding hydrogens is 423 g/mol. The molecule has 1 heterocycles. The topological polar surface area (TPSA) is 92.8 Å². The number of benzene rings is 2. The van der Waals surface area contributed by atoms with Gasteiger partial charge in [0.25, 0.3) is 0 Å². The Morgan fingerprint density at radius 3 is 2.58 bits per heavy atom. The van der Waals surface area contributed by atoms with Crippen LogP contribution in [0.1, 0.15) is 22.8 Å². The van der Waals surface area contributed by atoms with Gasteiger partial charge in [-0.1, -0.05) is 30.3 Å². The smallest absolute Gasteiger partial charge is 0.219 e. The number of sulfonamides is 1. The minimum Gasteiger partial charge on any atom is -0.373 e. The highest BCUT2D eigenvalue weighted by atomic mass is 32.2. The highest BCUT2D eigenvalue weighted by Gasteiger charge is 2.27. The number of ketones is 1. The molecule has 1 atom stereocenters.